The van der Waals surface area contributed by atoms with Gasteiger partial charge in [0, 0.05) is 19.2 Å². The Balaban J connectivity index is 4.77. The monoisotopic (exact) mass is 273 g/mol. The second-order valence-electron chi connectivity index (χ2n) is 5.41. The zero-order valence-electron chi connectivity index (χ0n) is 13.3. The number of nitrogens with two attached hydrogens (primary N) is 1. The largest absolute Gasteiger partial charge is 0.383 e. The molecular weight excluding hydrogens is 242 g/mol. The predicted octanol–water partition coefficient (Wildman–Crippen LogP) is 0.975. The number of nitrogens with one attached hydrogen (secondary N) is 1. The summed E-state index contributed by atoms with van der Waals surface area (Å²) in [4.78, 5) is 14.0. The van der Waals surface area contributed by atoms with Gasteiger partial charge >= 0.3 is 0 Å². The van der Waals surface area contributed by atoms with Crippen LogP contribution >= 0.6 is 0 Å². The van der Waals surface area contributed by atoms with Gasteiger partial charge in [-0.25, -0.2) is 0 Å². The van der Waals surface area contributed by atoms with Crippen LogP contribution in [0.4, 0.5) is 0 Å². The fraction of sp³-hybridized carbons (Fsp3) is 0.929. The number of amides is 1. The molecule has 0 aromatic carbocycles. The minimum Gasteiger partial charge on any atom is -0.383 e. The van der Waals surface area contributed by atoms with E-state index in [0.717, 1.165) is 13.1 Å². The standard InChI is InChI=1S/C14H31N3O2/c1-7-16-14(5,13(15)18)9-11(3)17(8-2)12(4)10-19-6/h11-12,16H,7-10H2,1-6H3,(H2,15,18). The Kier molecular flexibility index (Phi) is 8.22. The minimum atomic E-state index is -0.658. The Morgan fingerprint density at radius 1 is 1.37 bits per heavy atom. The molecule has 1 amide bonds. The van der Waals surface area contributed by atoms with E-state index in [0.29, 0.717) is 19.1 Å². The van der Waals surface area contributed by atoms with Gasteiger partial charge in [0.05, 0.1) is 12.1 Å². The summed E-state index contributed by atoms with van der Waals surface area (Å²) in [7, 11) is 1.71. The van der Waals surface area contributed by atoms with Crippen molar-refractivity contribution in [1.82, 2.24) is 10.2 Å². The Morgan fingerprint density at radius 3 is 2.32 bits per heavy atom. The molecule has 0 aromatic heterocycles. The van der Waals surface area contributed by atoms with E-state index in [2.05, 4.69) is 31.0 Å². The van der Waals surface area contributed by atoms with Crippen molar-refractivity contribution in [1.29, 1.82) is 0 Å². The molecule has 3 N–H and O–H groups in total. The van der Waals surface area contributed by atoms with Gasteiger partial charge < -0.3 is 15.8 Å². The van der Waals surface area contributed by atoms with Crippen LogP contribution in [0, 0.1) is 0 Å². The van der Waals surface area contributed by atoms with Crippen molar-refractivity contribution in [2.24, 2.45) is 5.73 Å². The predicted molar refractivity (Wildman–Crippen MR) is 79.1 cm³/mol. The summed E-state index contributed by atoms with van der Waals surface area (Å²) >= 11 is 0. The van der Waals surface area contributed by atoms with Crippen LogP contribution in [0.25, 0.3) is 0 Å². The highest BCUT2D eigenvalue weighted by atomic mass is 16.5. The lowest BCUT2D eigenvalue weighted by Gasteiger charge is -2.38. The maximum atomic E-state index is 11.7. The lowest BCUT2D eigenvalue weighted by molar-refractivity contribution is -0.124. The van der Waals surface area contributed by atoms with Gasteiger partial charge in [0.25, 0.3) is 0 Å². The Morgan fingerprint density at radius 2 is 1.95 bits per heavy atom. The lowest BCUT2D eigenvalue weighted by atomic mass is 9.91. The molecular formula is C14H31N3O2. The van der Waals surface area contributed by atoms with Crippen molar-refractivity contribution in [3.05, 3.63) is 0 Å². The molecule has 114 valence electrons. The average Bonchev–Trinajstić information content (AvgIpc) is 2.30. The maximum Gasteiger partial charge on any atom is 0.237 e. The maximum absolute atomic E-state index is 11.7. The zero-order chi connectivity index (χ0) is 15.1. The summed E-state index contributed by atoms with van der Waals surface area (Å²) in [6, 6.07) is 0.579. The van der Waals surface area contributed by atoms with E-state index in [1.54, 1.807) is 7.11 Å². The van der Waals surface area contributed by atoms with Gasteiger partial charge in [0.2, 0.25) is 5.91 Å². The van der Waals surface area contributed by atoms with Gasteiger partial charge in [0.15, 0.2) is 0 Å². The van der Waals surface area contributed by atoms with Crippen molar-refractivity contribution >= 4 is 5.91 Å². The van der Waals surface area contributed by atoms with E-state index in [1.807, 2.05) is 13.8 Å². The number of carbonyl (C=O) groups excluding carboxylic acids is 1. The highest BCUT2D eigenvalue weighted by molar-refractivity contribution is 5.84. The summed E-state index contributed by atoms with van der Waals surface area (Å²) in [5.74, 6) is -0.295. The number of hydrogen-bond donors (Lipinski definition) is 2. The van der Waals surface area contributed by atoms with Crippen molar-refractivity contribution < 1.29 is 9.53 Å². The van der Waals surface area contributed by atoms with Crippen LogP contribution in [0.15, 0.2) is 0 Å². The van der Waals surface area contributed by atoms with E-state index in [1.165, 1.54) is 0 Å². The molecule has 0 radical (unpaired) electrons. The van der Waals surface area contributed by atoms with Crippen LogP contribution in [0.5, 0.6) is 0 Å². The van der Waals surface area contributed by atoms with E-state index in [9.17, 15) is 4.79 Å². The van der Waals surface area contributed by atoms with Gasteiger partial charge in [-0.15, -0.1) is 0 Å². The summed E-state index contributed by atoms with van der Waals surface area (Å²) in [6.07, 6.45) is 0.693. The van der Waals surface area contributed by atoms with Crippen LogP contribution < -0.4 is 11.1 Å². The van der Waals surface area contributed by atoms with Gasteiger partial charge in [-0.05, 0) is 40.3 Å². The first-order valence-electron chi connectivity index (χ1n) is 7.11. The number of hydrogen-bond acceptors (Lipinski definition) is 4. The number of primary amides is 1. The molecule has 0 aromatic rings. The fourth-order valence-electron chi connectivity index (χ4n) is 2.75. The molecule has 0 aliphatic rings. The summed E-state index contributed by atoms with van der Waals surface area (Å²) in [5, 5.41) is 3.21. The summed E-state index contributed by atoms with van der Waals surface area (Å²) < 4.78 is 5.21. The molecule has 3 atom stereocenters. The van der Waals surface area contributed by atoms with Crippen LogP contribution in [0.2, 0.25) is 0 Å². The Bertz CT molecular complexity index is 273. The molecule has 0 bridgehead atoms. The SMILES string of the molecule is CCNC(C)(CC(C)N(CC)C(C)COC)C(N)=O. The molecule has 0 spiro atoms. The Hall–Kier alpha value is -0.650. The molecule has 0 saturated heterocycles. The van der Waals surface area contributed by atoms with Crippen LogP contribution in [0.3, 0.4) is 0 Å². The molecule has 0 heterocycles. The Labute approximate surface area is 117 Å². The third-order valence-corrected chi connectivity index (χ3v) is 3.72. The van der Waals surface area contributed by atoms with Crippen LogP contribution in [0.1, 0.15) is 41.0 Å². The molecule has 0 aliphatic heterocycles. The third-order valence-electron chi connectivity index (χ3n) is 3.72. The van der Waals surface area contributed by atoms with Crippen molar-refractivity contribution in [3.63, 3.8) is 0 Å². The van der Waals surface area contributed by atoms with E-state index < -0.39 is 5.54 Å². The van der Waals surface area contributed by atoms with Gasteiger partial charge in [-0.1, -0.05) is 13.8 Å². The molecule has 0 fully saturated rings. The molecule has 0 saturated carbocycles. The van der Waals surface area contributed by atoms with E-state index in [-0.39, 0.29) is 11.9 Å². The molecule has 3 unspecified atom stereocenters. The summed E-state index contributed by atoms with van der Waals surface area (Å²) in [6.45, 7) is 12.6. The molecule has 5 heteroatoms. The second-order valence-corrected chi connectivity index (χ2v) is 5.41. The number of methoxy groups -OCH3 is 1. The topological polar surface area (TPSA) is 67.6 Å². The molecule has 0 rings (SSSR count). The number of carbonyl (C=O) groups is 1. The third kappa shape index (κ3) is 5.47. The normalized spacial score (nSPS) is 18.1. The van der Waals surface area contributed by atoms with Crippen LogP contribution in [-0.2, 0) is 9.53 Å². The van der Waals surface area contributed by atoms with Crippen LogP contribution in [-0.4, -0.2) is 55.2 Å². The number of nitrogens with zero attached hydrogens (tertiary/aromatic N) is 1. The van der Waals surface area contributed by atoms with Gasteiger partial charge in [-0.3, -0.25) is 9.69 Å². The zero-order valence-corrected chi connectivity index (χ0v) is 13.3. The van der Waals surface area contributed by atoms with Gasteiger partial charge in [-0.2, -0.15) is 0 Å². The second kappa shape index (κ2) is 8.51. The van der Waals surface area contributed by atoms with E-state index >= 15 is 0 Å². The van der Waals surface area contributed by atoms with Gasteiger partial charge in [0.1, 0.15) is 0 Å². The van der Waals surface area contributed by atoms with Crippen molar-refractivity contribution in [3.8, 4) is 0 Å². The number of ether oxygens (including phenoxy) is 1. The minimum absolute atomic E-state index is 0.256. The first-order valence-corrected chi connectivity index (χ1v) is 7.11. The van der Waals surface area contributed by atoms with E-state index in [4.69, 9.17) is 10.5 Å². The average molecular weight is 273 g/mol. The molecule has 19 heavy (non-hydrogen) atoms. The number of rotatable bonds is 10. The number of likely N-dealkylation sites (N-methyl/N-ethyl adjacent to an activating group) is 2. The highest BCUT2D eigenvalue weighted by Gasteiger charge is 2.34. The molecule has 0 aliphatic carbocycles. The fourth-order valence-corrected chi connectivity index (χ4v) is 2.75. The van der Waals surface area contributed by atoms with Crippen molar-refractivity contribution in [2.75, 3.05) is 26.8 Å². The van der Waals surface area contributed by atoms with Crippen molar-refractivity contribution in [2.45, 2.75) is 58.7 Å². The first kappa shape index (κ1) is 18.4. The first-order chi connectivity index (χ1) is 8.82. The summed E-state index contributed by atoms with van der Waals surface area (Å²) in [5.41, 5.74) is 4.88. The lowest BCUT2D eigenvalue weighted by Crippen LogP contribution is -2.57. The highest BCUT2D eigenvalue weighted by Crippen LogP contribution is 2.18. The molecule has 5 nitrogen and oxygen atoms in total. The quantitative estimate of drug-likeness (QED) is 0.622. The smallest absolute Gasteiger partial charge is 0.237 e.